The Morgan fingerprint density at radius 3 is 2.10 bits per heavy atom. The van der Waals surface area contributed by atoms with E-state index in [0.29, 0.717) is 0 Å². The van der Waals surface area contributed by atoms with Gasteiger partial charge in [-0.25, -0.2) is 4.57 Å². The molecule has 0 atom stereocenters. The average molecular weight is 402 g/mol. The number of hydrogen-bond donors (Lipinski definition) is 0. The van der Waals surface area contributed by atoms with Crippen LogP contribution in [0.2, 0.25) is 0 Å². The summed E-state index contributed by atoms with van der Waals surface area (Å²) in [6.07, 6.45) is 2.10. The van der Waals surface area contributed by atoms with Crippen LogP contribution in [0.1, 0.15) is 36.1 Å². The first-order chi connectivity index (χ1) is 14.9. The first-order valence-corrected chi connectivity index (χ1v) is 10.7. The molecule has 150 valence electrons. The quantitative estimate of drug-likeness (QED) is 0.361. The highest BCUT2D eigenvalue weighted by Crippen LogP contribution is 2.55. The summed E-state index contributed by atoms with van der Waals surface area (Å²) in [5.41, 5.74) is 11.5. The number of benzene rings is 3. The Morgan fingerprint density at radius 1 is 0.774 bits per heavy atom. The molecule has 0 saturated carbocycles. The summed E-state index contributed by atoms with van der Waals surface area (Å²) in [5.74, 6) is 0. The highest BCUT2D eigenvalue weighted by Gasteiger charge is 2.42. The molecule has 0 N–H and O–H groups in total. The minimum absolute atomic E-state index is 0.243. The molecule has 0 spiro atoms. The van der Waals surface area contributed by atoms with Crippen molar-refractivity contribution in [1.29, 1.82) is 5.26 Å². The lowest BCUT2D eigenvalue weighted by atomic mass is 9.75. The second kappa shape index (κ2) is 6.93. The Balaban J connectivity index is 1.89. The first-order valence-electron chi connectivity index (χ1n) is 10.7. The summed E-state index contributed by atoms with van der Waals surface area (Å²) in [5, 5.41) is 9.96. The predicted molar refractivity (Wildman–Crippen MR) is 126 cm³/mol. The van der Waals surface area contributed by atoms with E-state index < -0.39 is 0 Å². The van der Waals surface area contributed by atoms with E-state index >= 15 is 0 Å². The van der Waals surface area contributed by atoms with Gasteiger partial charge in [-0.2, -0.15) is 5.26 Å². The van der Waals surface area contributed by atoms with Crippen LogP contribution in [-0.2, 0) is 12.5 Å². The molecule has 4 aromatic rings. The number of pyridine rings is 1. The Bertz CT molecular complexity index is 1370. The monoisotopic (exact) mass is 401 g/mol. The van der Waals surface area contributed by atoms with E-state index in [2.05, 4.69) is 93.2 Å². The lowest BCUT2D eigenvalue weighted by Gasteiger charge is -2.27. The third-order valence-electron chi connectivity index (χ3n) is 6.65. The van der Waals surface area contributed by atoms with Crippen LogP contribution in [0.15, 0.2) is 79.0 Å². The molecular formula is C29H25N2+. The molecular weight excluding hydrogens is 376 g/mol. The fourth-order valence-electron chi connectivity index (χ4n) is 5.29. The molecule has 1 heterocycles. The zero-order chi connectivity index (χ0) is 21.8. The smallest absolute Gasteiger partial charge is 0.201 e. The summed E-state index contributed by atoms with van der Waals surface area (Å²) in [4.78, 5) is 0. The number of aryl methyl sites for hydroxylation is 2. The molecule has 0 bridgehead atoms. The van der Waals surface area contributed by atoms with E-state index in [1.54, 1.807) is 0 Å². The van der Waals surface area contributed by atoms with E-state index in [1.807, 2.05) is 24.3 Å². The summed E-state index contributed by atoms with van der Waals surface area (Å²) in [7, 11) is 2.10. The largest absolute Gasteiger partial charge is 0.212 e. The van der Waals surface area contributed by atoms with Crippen LogP contribution >= 0.6 is 0 Å². The van der Waals surface area contributed by atoms with Gasteiger partial charge in [0, 0.05) is 23.1 Å². The minimum atomic E-state index is -0.243. The van der Waals surface area contributed by atoms with Gasteiger partial charge in [0.25, 0.3) is 0 Å². The first kappa shape index (κ1) is 19.3. The maximum Gasteiger partial charge on any atom is 0.212 e. The fraction of sp³-hybridized carbons (Fsp3) is 0.172. The van der Waals surface area contributed by atoms with Crippen LogP contribution in [0.4, 0.5) is 0 Å². The van der Waals surface area contributed by atoms with Gasteiger partial charge >= 0.3 is 0 Å². The number of nitrogens with zero attached hydrogens (tertiary/aromatic N) is 2. The molecule has 2 heteroatoms. The maximum atomic E-state index is 9.96. The molecule has 0 amide bonds. The molecule has 0 aliphatic heterocycles. The van der Waals surface area contributed by atoms with Gasteiger partial charge in [0.05, 0.1) is 17.2 Å². The van der Waals surface area contributed by atoms with Gasteiger partial charge in [0.15, 0.2) is 6.20 Å². The van der Waals surface area contributed by atoms with E-state index in [0.717, 1.165) is 16.7 Å². The minimum Gasteiger partial charge on any atom is -0.201 e. The van der Waals surface area contributed by atoms with Crippen LogP contribution in [0.3, 0.4) is 0 Å². The van der Waals surface area contributed by atoms with Gasteiger partial charge in [-0.15, -0.1) is 0 Å². The molecule has 31 heavy (non-hydrogen) atoms. The molecule has 0 radical (unpaired) electrons. The number of aromatic nitrogens is 1. The third kappa shape index (κ3) is 2.74. The Kier molecular flexibility index (Phi) is 4.31. The predicted octanol–water partition coefficient (Wildman–Crippen LogP) is 6.33. The zero-order valence-corrected chi connectivity index (χ0v) is 18.4. The Hall–Kier alpha value is -3.70. The van der Waals surface area contributed by atoms with Crippen molar-refractivity contribution in [2.45, 2.75) is 26.2 Å². The van der Waals surface area contributed by atoms with Crippen LogP contribution in [-0.4, -0.2) is 0 Å². The second-order valence-corrected chi connectivity index (χ2v) is 8.89. The fourth-order valence-corrected chi connectivity index (χ4v) is 5.29. The summed E-state index contributed by atoms with van der Waals surface area (Å²) in [6.45, 7) is 6.80. The summed E-state index contributed by atoms with van der Waals surface area (Å²) >= 11 is 0. The zero-order valence-electron chi connectivity index (χ0n) is 18.4. The number of hydrogen-bond acceptors (Lipinski definition) is 1. The van der Waals surface area contributed by atoms with Gasteiger partial charge in [-0.3, -0.25) is 0 Å². The normalized spacial score (nSPS) is 13.4. The molecule has 5 rings (SSSR count). The molecule has 2 nitrogen and oxygen atoms in total. The van der Waals surface area contributed by atoms with Crippen molar-refractivity contribution in [2.24, 2.45) is 7.05 Å². The lowest BCUT2D eigenvalue weighted by Crippen LogP contribution is -2.31. The number of nitriles is 1. The average Bonchev–Trinajstić information content (AvgIpc) is 3.01. The van der Waals surface area contributed by atoms with Crippen LogP contribution in [0.25, 0.3) is 33.5 Å². The maximum absolute atomic E-state index is 9.96. The SMILES string of the molecule is Cc1ccc2c(c1-c1cccc[n+]1C)C(C)(C)c1c-2ccc(C#N)c1-c1ccccc1. The molecule has 0 fully saturated rings. The summed E-state index contributed by atoms with van der Waals surface area (Å²) in [6, 6.07) is 27.8. The van der Waals surface area contributed by atoms with E-state index in [-0.39, 0.29) is 5.41 Å². The van der Waals surface area contributed by atoms with Crippen molar-refractivity contribution in [3.05, 3.63) is 101 Å². The number of rotatable bonds is 2. The van der Waals surface area contributed by atoms with Crippen molar-refractivity contribution in [3.8, 4) is 39.6 Å². The van der Waals surface area contributed by atoms with Gasteiger partial charge in [-0.1, -0.05) is 62.4 Å². The second-order valence-electron chi connectivity index (χ2n) is 8.89. The molecule has 1 aliphatic carbocycles. The van der Waals surface area contributed by atoms with Gasteiger partial charge in [-0.05, 0) is 52.4 Å². The van der Waals surface area contributed by atoms with Gasteiger partial charge in [0.1, 0.15) is 7.05 Å². The van der Waals surface area contributed by atoms with Crippen molar-refractivity contribution in [3.63, 3.8) is 0 Å². The Morgan fingerprint density at radius 2 is 1.42 bits per heavy atom. The molecule has 0 unspecified atom stereocenters. The molecule has 3 aromatic carbocycles. The number of fused-ring (bicyclic) bond motifs is 3. The van der Waals surface area contributed by atoms with E-state index in [9.17, 15) is 5.26 Å². The van der Waals surface area contributed by atoms with Crippen LogP contribution in [0, 0.1) is 18.3 Å². The van der Waals surface area contributed by atoms with Crippen molar-refractivity contribution in [1.82, 2.24) is 0 Å². The highest BCUT2D eigenvalue weighted by molar-refractivity contribution is 5.94. The summed E-state index contributed by atoms with van der Waals surface area (Å²) < 4.78 is 2.19. The standard InChI is InChI=1S/C29H25N2/c1-19-13-15-22-23-16-14-21(18-30)26(20-10-6-5-7-11-20)28(23)29(2,3)27(22)25(19)24-12-8-9-17-31(24)4/h5-17H,1-4H3/q+1. The van der Waals surface area contributed by atoms with E-state index in [4.69, 9.17) is 0 Å². The lowest BCUT2D eigenvalue weighted by molar-refractivity contribution is -0.660. The molecule has 1 aliphatic rings. The van der Waals surface area contributed by atoms with Crippen molar-refractivity contribution in [2.75, 3.05) is 0 Å². The van der Waals surface area contributed by atoms with Gasteiger partial charge in [0.2, 0.25) is 5.69 Å². The van der Waals surface area contributed by atoms with Crippen LogP contribution in [0.5, 0.6) is 0 Å². The van der Waals surface area contributed by atoms with Crippen molar-refractivity contribution < 1.29 is 4.57 Å². The molecule has 0 saturated heterocycles. The Labute approximate surface area is 184 Å². The van der Waals surface area contributed by atoms with Crippen LogP contribution < -0.4 is 4.57 Å². The topological polar surface area (TPSA) is 27.7 Å². The third-order valence-corrected chi connectivity index (χ3v) is 6.65. The van der Waals surface area contributed by atoms with E-state index in [1.165, 1.54) is 39.1 Å². The molecule has 1 aromatic heterocycles. The van der Waals surface area contributed by atoms with Gasteiger partial charge < -0.3 is 0 Å². The highest BCUT2D eigenvalue weighted by atomic mass is 14.9. The van der Waals surface area contributed by atoms with Crippen molar-refractivity contribution >= 4 is 0 Å².